The van der Waals surface area contributed by atoms with E-state index >= 15 is 0 Å². The van der Waals surface area contributed by atoms with Gasteiger partial charge in [0.05, 0.1) is 0 Å². The van der Waals surface area contributed by atoms with E-state index in [1.54, 1.807) is 19.2 Å². The van der Waals surface area contributed by atoms with Crippen LogP contribution in [0.25, 0.3) is 0 Å². The van der Waals surface area contributed by atoms with Crippen LogP contribution in [0.2, 0.25) is 0 Å². The second kappa shape index (κ2) is 6.35. The Morgan fingerprint density at radius 2 is 2.12 bits per heavy atom. The van der Waals surface area contributed by atoms with Gasteiger partial charge in [-0.2, -0.15) is 0 Å². The summed E-state index contributed by atoms with van der Waals surface area (Å²) in [6, 6.07) is 4.96. The molecule has 4 nitrogen and oxygen atoms in total. The third-order valence-corrected chi connectivity index (χ3v) is 2.36. The Hall–Kier alpha value is -1.26. The Morgan fingerprint density at radius 3 is 2.81 bits per heavy atom. The van der Waals surface area contributed by atoms with Gasteiger partial charge in [-0.3, -0.25) is 0 Å². The van der Waals surface area contributed by atoms with Crippen LogP contribution in [-0.2, 0) is 11.3 Å². The van der Waals surface area contributed by atoms with Crippen molar-refractivity contribution in [3.05, 3.63) is 23.8 Å². The summed E-state index contributed by atoms with van der Waals surface area (Å²) in [5.74, 6) is 0.295. The quantitative estimate of drug-likeness (QED) is 0.642. The Bertz CT molecular complexity index is 328. The molecule has 0 heterocycles. The molecule has 0 aliphatic rings. The highest BCUT2D eigenvalue weighted by molar-refractivity contribution is 5.44. The minimum Gasteiger partial charge on any atom is -0.504 e. The molecule has 4 heteroatoms. The lowest BCUT2D eigenvalue weighted by Crippen LogP contribution is -2.23. The first-order chi connectivity index (χ1) is 7.65. The molecule has 1 aromatic carbocycles. The topological polar surface area (TPSA) is 61.7 Å². The van der Waals surface area contributed by atoms with Crippen molar-refractivity contribution >= 4 is 0 Å². The normalized spacial score (nSPS) is 12.6. The van der Waals surface area contributed by atoms with Crippen molar-refractivity contribution in [2.75, 3.05) is 20.3 Å². The molecule has 0 saturated carbocycles. The summed E-state index contributed by atoms with van der Waals surface area (Å²) in [7, 11) is 1.68. The van der Waals surface area contributed by atoms with Gasteiger partial charge in [-0.05, 0) is 12.0 Å². The first kappa shape index (κ1) is 12.8. The summed E-state index contributed by atoms with van der Waals surface area (Å²) in [6.07, 6.45) is 0. The van der Waals surface area contributed by atoms with Gasteiger partial charge in [-0.25, -0.2) is 0 Å². The summed E-state index contributed by atoms with van der Waals surface area (Å²) in [5, 5.41) is 22.0. The lowest BCUT2D eigenvalue weighted by molar-refractivity contribution is 0.158. The van der Waals surface area contributed by atoms with Gasteiger partial charge in [0, 0.05) is 32.4 Å². The van der Waals surface area contributed by atoms with E-state index in [0.29, 0.717) is 24.6 Å². The van der Waals surface area contributed by atoms with Crippen LogP contribution in [0, 0.1) is 5.92 Å². The summed E-state index contributed by atoms with van der Waals surface area (Å²) in [4.78, 5) is 0. The van der Waals surface area contributed by atoms with Gasteiger partial charge in [-0.15, -0.1) is 0 Å². The second-order valence-electron chi connectivity index (χ2n) is 3.98. The molecule has 90 valence electrons. The van der Waals surface area contributed by atoms with Crippen LogP contribution in [0.15, 0.2) is 18.2 Å². The lowest BCUT2D eigenvalue weighted by Gasteiger charge is -2.12. The summed E-state index contributed by atoms with van der Waals surface area (Å²) in [6.45, 7) is 4.13. The highest BCUT2D eigenvalue weighted by atomic mass is 16.5. The van der Waals surface area contributed by atoms with Crippen LogP contribution in [0.3, 0.4) is 0 Å². The molecule has 0 aliphatic heterocycles. The van der Waals surface area contributed by atoms with E-state index in [1.807, 2.05) is 0 Å². The van der Waals surface area contributed by atoms with Crippen LogP contribution in [0.4, 0.5) is 0 Å². The number of para-hydroxylation sites is 1. The van der Waals surface area contributed by atoms with Gasteiger partial charge in [0.15, 0.2) is 11.5 Å². The monoisotopic (exact) mass is 225 g/mol. The zero-order chi connectivity index (χ0) is 12.0. The van der Waals surface area contributed by atoms with E-state index < -0.39 is 0 Å². The van der Waals surface area contributed by atoms with Crippen LogP contribution in [-0.4, -0.2) is 30.5 Å². The number of rotatable bonds is 6. The molecule has 1 rings (SSSR count). The number of phenols is 2. The maximum Gasteiger partial charge on any atom is 0.161 e. The number of phenolic OH excluding ortho intramolecular Hbond substituents is 2. The molecule has 0 saturated heterocycles. The van der Waals surface area contributed by atoms with E-state index in [2.05, 4.69) is 12.2 Å². The van der Waals surface area contributed by atoms with Gasteiger partial charge in [0.25, 0.3) is 0 Å². The standard InChI is InChI=1S/C12H19NO3/c1-9(8-16-2)6-13-7-10-4-3-5-11(14)12(10)15/h3-5,9,13-15H,6-8H2,1-2H3. The van der Waals surface area contributed by atoms with Crippen molar-refractivity contribution in [2.24, 2.45) is 5.92 Å². The Morgan fingerprint density at radius 1 is 1.38 bits per heavy atom. The highest BCUT2D eigenvalue weighted by Crippen LogP contribution is 2.27. The minimum absolute atomic E-state index is 0.0469. The predicted molar refractivity (Wildman–Crippen MR) is 62.5 cm³/mol. The number of hydrogen-bond donors (Lipinski definition) is 3. The Labute approximate surface area is 95.9 Å². The van der Waals surface area contributed by atoms with E-state index in [9.17, 15) is 10.2 Å². The first-order valence-corrected chi connectivity index (χ1v) is 5.34. The van der Waals surface area contributed by atoms with Gasteiger partial charge >= 0.3 is 0 Å². The smallest absolute Gasteiger partial charge is 0.161 e. The molecule has 0 aromatic heterocycles. The van der Waals surface area contributed by atoms with E-state index in [1.165, 1.54) is 6.07 Å². The second-order valence-corrected chi connectivity index (χ2v) is 3.98. The van der Waals surface area contributed by atoms with Gasteiger partial charge in [0.1, 0.15) is 0 Å². The number of methoxy groups -OCH3 is 1. The zero-order valence-corrected chi connectivity index (χ0v) is 9.73. The largest absolute Gasteiger partial charge is 0.504 e. The van der Waals surface area contributed by atoms with Gasteiger partial charge in [-0.1, -0.05) is 19.1 Å². The predicted octanol–water partition coefficient (Wildman–Crippen LogP) is 1.47. The fourth-order valence-corrected chi connectivity index (χ4v) is 1.52. The van der Waals surface area contributed by atoms with Crippen LogP contribution >= 0.6 is 0 Å². The molecule has 3 N–H and O–H groups in total. The molecule has 0 radical (unpaired) electrons. The molecule has 1 unspecified atom stereocenters. The van der Waals surface area contributed by atoms with Crippen LogP contribution < -0.4 is 5.32 Å². The molecule has 0 spiro atoms. The third kappa shape index (κ3) is 3.72. The van der Waals surface area contributed by atoms with E-state index in [-0.39, 0.29) is 11.5 Å². The maximum absolute atomic E-state index is 9.55. The fourth-order valence-electron chi connectivity index (χ4n) is 1.52. The lowest BCUT2D eigenvalue weighted by atomic mass is 10.1. The SMILES string of the molecule is COCC(C)CNCc1cccc(O)c1O. The molecule has 0 bridgehead atoms. The summed E-state index contributed by atoms with van der Waals surface area (Å²) in [5.41, 5.74) is 0.699. The summed E-state index contributed by atoms with van der Waals surface area (Å²) >= 11 is 0. The van der Waals surface area contributed by atoms with Crippen molar-refractivity contribution in [1.29, 1.82) is 0 Å². The minimum atomic E-state index is -0.0794. The average Bonchev–Trinajstić information content (AvgIpc) is 2.25. The number of ether oxygens (including phenoxy) is 1. The van der Waals surface area contributed by atoms with Crippen LogP contribution in [0.1, 0.15) is 12.5 Å². The van der Waals surface area contributed by atoms with Crippen molar-refractivity contribution in [2.45, 2.75) is 13.5 Å². The van der Waals surface area contributed by atoms with Crippen molar-refractivity contribution in [3.8, 4) is 11.5 Å². The average molecular weight is 225 g/mol. The van der Waals surface area contributed by atoms with Crippen molar-refractivity contribution in [3.63, 3.8) is 0 Å². The maximum atomic E-state index is 9.55. The van der Waals surface area contributed by atoms with E-state index in [0.717, 1.165) is 6.54 Å². The highest BCUT2D eigenvalue weighted by Gasteiger charge is 2.06. The molecular formula is C12H19NO3. The molecule has 0 fully saturated rings. The van der Waals surface area contributed by atoms with Gasteiger partial charge in [0.2, 0.25) is 0 Å². The molecule has 16 heavy (non-hydrogen) atoms. The van der Waals surface area contributed by atoms with E-state index in [4.69, 9.17) is 4.74 Å². The Kier molecular flexibility index (Phi) is 5.08. The molecular weight excluding hydrogens is 206 g/mol. The summed E-state index contributed by atoms with van der Waals surface area (Å²) < 4.78 is 5.02. The fraction of sp³-hybridized carbons (Fsp3) is 0.500. The van der Waals surface area contributed by atoms with Crippen LogP contribution in [0.5, 0.6) is 11.5 Å². The molecule has 0 aliphatic carbocycles. The number of nitrogens with one attached hydrogen (secondary N) is 1. The first-order valence-electron chi connectivity index (χ1n) is 5.34. The molecule has 1 atom stereocenters. The number of hydrogen-bond acceptors (Lipinski definition) is 4. The van der Waals surface area contributed by atoms with Gasteiger partial charge < -0.3 is 20.3 Å². The molecule has 0 amide bonds. The molecule has 1 aromatic rings. The zero-order valence-electron chi connectivity index (χ0n) is 9.73. The Balaban J connectivity index is 2.40. The number of aromatic hydroxyl groups is 2. The van der Waals surface area contributed by atoms with Crippen molar-refractivity contribution in [1.82, 2.24) is 5.32 Å². The third-order valence-electron chi connectivity index (χ3n) is 2.36. The van der Waals surface area contributed by atoms with Crippen molar-refractivity contribution < 1.29 is 14.9 Å². The number of benzene rings is 1.